The summed E-state index contributed by atoms with van der Waals surface area (Å²) < 4.78 is 1.17. The van der Waals surface area contributed by atoms with E-state index < -0.39 is 0 Å². The lowest BCUT2D eigenvalue weighted by molar-refractivity contribution is -0.123. The molecule has 1 heterocycles. The van der Waals surface area contributed by atoms with Crippen LogP contribution >= 0.6 is 11.3 Å². The van der Waals surface area contributed by atoms with Crippen molar-refractivity contribution in [3.05, 3.63) is 48.0 Å². The Hall–Kier alpha value is -2.77. The number of nitrogens with one attached hydrogen (secondary N) is 2. The SMILES string of the molecule is Cc1ccc2nc(-c3ccc(NC(=O)CN(C)CC(=O)NC(C)C)cc3)sc2c1. The molecule has 3 aromatic rings. The number of anilines is 1. The summed E-state index contributed by atoms with van der Waals surface area (Å²) in [6, 6.07) is 14.0. The Bertz CT molecular complexity index is 1010. The number of hydrogen-bond acceptors (Lipinski definition) is 5. The van der Waals surface area contributed by atoms with E-state index in [1.165, 1.54) is 10.3 Å². The van der Waals surface area contributed by atoms with Gasteiger partial charge in [-0.05, 0) is 69.8 Å². The van der Waals surface area contributed by atoms with Crippen LogP contribution in [0.15, 0.2) is 42.5 Å². The van der Waals surface area contributed by atoms with Crippen LogP contribution in [0.2, 0.25) is 0 Å². The van der Waals surface area contributed by atoms with Crippen molar-refractivity contribution >= 4 is 39.1 Å². The van der Waals surface area contributed by atoms with Crippen molar-refractivity contribution in [1.82, 2.24) is 15.2 Å². The quantitative estimate of drug-likeness (QED) is 0.623. The fraction of sp³-hybridized carbons (Fsp3) is 0.318. The van der Waals surface area contributed by atoms with Gasteiger partial charge in [-0.2, -0.15) is 0 Å². The molecule has 6 nitrogen and oxygen atoms in total. The Morgan fingerprint density at radius 3 is 2.45 bits per heavy atom. The van der Waals surface area contributed by atoms with E-state index in [1.54, 1.807) is 23.3 Å². The molecule has 0 saturated heterocycles. The van der Waals surface area contributed by atoms with E-state index in [9.17, 15) is 9.59 Å². The first-order valence-electron chi connectivity index (χ1n) is 9.55. The second kappa shape index (κ2) is 9.15. The number of aryl methyl sites for hydroxylation is 1. The number of rotatable bonds is 7. The van der Waals surface area contributed by atoms with Gasteiger partial charge in [0.1, 0.15) is 5.01 Å². The van der Waals surface area contributed by atoms with E-state index in [0.717, 1.165) is 21.8 Å². The lowest BCUT2D eigenvalue weighted by atomic mass is 10.2. The van der Waals surface area contributed by atoms with Crippen LogP contribution in [0.1, 0.15) is 19.4 Å². The summed E-state index contributed by atoms with van der Waals surface area (Å²) in [5, 5.41) is 6.64. The molecule has 2 amide bonds. The Morgan fingerprint density at radius 1 is 1.07 bits per heavy atom. The highest BCUT2D eigenvalue weighted by atomic mass is 32.1. The summed E-state index contributed by atoms with van der Waals surface area (Å²) in [5.41, 5.74) is 3.95. The van der Waals surface area contributed by atoms with Gasteiger partial charge in [-0.15, -0.1) is 11.3 Å². The molecule has 2 aromatic carbocycles. The zero-order valence-corrected chi connectivity index (χ0v) is 18.0. The monoisotopic (exact) mass is 410 g/mol. The highest BCUT2D eigenvalue weighted by molar-refractivity contribution is 7.21. The number of carbonyl (C=O) groups is 2. The average molecular weight is 411 g/mol. The molecule has 1 aromatic heterocycles. The molecule has 2 N–H and O–H groups in total. The molecule has 0 spiro atoms. The summed E-state index contributed by atoms with van der Waals surface area (Å²) in [7, 11) is 1.75. The van der Waals surface area contributed by atoms with Crippen LogP contribution in [0, 0.1) is 6.92 Å². The maximum absolute atomic E-state index is 12.2. The number of amides is 2. The van der Waals surface area contributed by atoms with Gasteiger partial charge in [-0.25, -0.2) is 4.98 Å². The normalized spacial score (nSPS) is 11.2. The average Bonchev–Trinajstić information content (AvgIpc) is 3.04. The zero-order chi connectivity index (χ0) is 21.0. The summed E-state index contributed by atoms with van der Waals surface area (Å²) in [4.78, 5) is 30.4. The number of aromatic nitrogens is 1. The lowest BCUT2D eigenvalue weighted by Gasteiger charge is -2.17. The predicted octanol–water partition coefficient (Wildman–Crippen LogP) is 3.67. The minimum absolute atomic E-state index is 0.0858. The van der Waals surface area contributed by atoms with E-state index in [2.05, 4.69) is 34.7 Å². The van der Waals surface area contributed by atoms with Crippen LogP contribution in [-0.4, -0.2) is 47.9 Å². The third-order valence-electron chi connectivity index (χ3n) is 4.24. The van der Waals surface area contributed by atoms with Gasteiger partial charge in [0.25, 0.3) is 0 Å². The number of carbonyl (C=O) groups excluding carboxylic acids is 2. The van der Waals surface area contributed by atoms with E-state index in [4.69, 9.17) is 0 Å². The van der Waals surface area contributed by atoms with Crippen molar-refractivity contribution in [2.75, 3.05) is 25.5 Å². The van der Waals surface area contributed by atoms with Crippen LogP contribution in [0.3, 0.4) is 0 Å². The first-order chi connectivity index (χ1) is 13.8. The molecule has 0 bridgehead atoms. The number of benzene rings is 2. The third kappa shape index (κ3) is 5.85. The molecule has 0 radical (unpaired) electrons. The molecule has 7 heteroatoms. The maximum atomic E-state index is 12.2. The van der Waals surface area contributed by atoms with E-state index in [1.807, 2.05) is 44.2 Å². The van der Waals surface area contributed by atoms with Gasteiger partial charge in [0.05, 0.1) is 23.3 Å². The van der Waals surface area contributed by atoms with Crippen LogP contribution in [0.25, 0.3) is 20.8 Å². The second-order valence-electron chi connectivity index (χ2n) is 7.51. The highest BCUT2D eigenvalue weighted by Gasteiger charge is 2.12. The molecule has 0 unspecified atom stereocenters. The van der Waals surface area contributed by atoms with Gasteiger partial charge in [-0.3, -0.25) is 14.5 Å². The van der Waals surface area contributed by atoms with Crippen LogP contribution in [0.4, 0.5) is 5.69 Å². The van der Waals surface area contributed by atoms with Crippen molar-refractivity contribution in [2.45, 2.75) is 26.8 Å². The van der Waals surface area contributed by atoms with Gasteiger partial charge in [0.2, 0.25) is 11.8 Å². The molecule has 0 saturated carbocycles. The molecule has 3 rings (SSSR count). The topological polar surface area (TPSA) is 74.3 Å². The molecular formula is C22H26N4O2S. The van der Waals surface area contributed by atoms with Crippen molar-refractivity contribution in [2.24, 2.45) is 0 Å². The standard InChI is InChI=1S/C22H26N4O2S/c1-14(2)23-20(27)12-26(4)13-21(28)24-17-8-6-16(7-9-17)22-25-18-10-5-15(3)11-19(18)29-22/h5-11,14H,12-13H2,1-4H3,(H,23,27)(H,24,28). The fourth-order valence-corrected chi connectivity index (χ4v) is 4.04. The van der Waals surface area contributed by atoms with Crippen molar-refractivity contribution in [3.8, 4) is 10.6 Å². The Kier molecular flexibility index (Phi) is 6.61. The number of thiazole rings is 1. The summed E-state index contributed by atoms with van der Waals surface area (Å²) in [6.45, 7) is 6.21. The number of fused-ring (bicyclic) bond motifs is 1. The van der Waals surface area contributed by atoms with E-state index in [-0.39, 0.29) is 30.9 Å². The maximum Gasteiger partial charge on any atom is 0.238 e. The van der Waals surface area contributed by atoms with Gasteiger partial charge in [-0.1, -0.05) is 6.07 Å². The molecule has 0 fully saturated rings. The van der Waals surface area contributed by atoms with Gasteiger partial charge < -0.3 is 10.6 Å². The Morgan fingerprint density at radius 2 is 1.76 bits per heavy atom. The van der Waals surface area contributed by atoms with Gasteiger partial charge in [0, 0.05) is 17.3 Å². The molecule has 29 heavy (non-hydrogen) atoms. The summed E-state index contributed by atoms with van der Waals surface area (Å²) in [6.07, 6.45) is 0. The minimum Gasteiger partial charge on any atom is -0.353 e. The molecule has 0 atom stereocenters. The second-order valence-corrected chi connectivity index (χ2v) is 8.54. The largest absolute Gasteiger partial charge is 0.353 e. The highest BCUT2D eigenvalue weighted by Crippen LogP contribution is 2.31. The van der Waals surface area contributed by atoms with E-state index in [0.29, 0.717) is 0 Å². The zero-order valence-electron chi connectivity index (χ0n) is 17.2. The van der Waals surface area contributed by atoms with Gasteiger partial charge in [0.15, 0.2) is 0 Å². The number of nitrogens with zero attached hydrogens (tertiary/aromatic N) is 2. The molecule has 0 aliphatic heterocycles. The number of hydrogen-bond donors (Lipinski definition) is 2. The predicted molar refractivity (Wildman–Crippen MR) is 119 cm³/mol. The summed E-state index contributed by atoms with van der Waals surface area (Å²) >= 11 is 1.66. The smallest absolute Gasteiger partial charge is 0.238 e. The Balaban J connectivity index is 1.58. The first-order valence-corrected chi connectivity index (χ1v) is 10.4. The molecule has 0 aliphatic rings. The van der Waals surface area contributed by atoms with E-state index >= 15 is 0 Å². The van der Waals surface area contributed by atoms with Crippen molar-refractivity contribution in [3.63, 3.8) is 0 Å². The summed E-state index contributed by atoms with van der Waals surface area (Å²) in [5.74, 6) is -0.251. The molecular weight excluding hydrogens is 384 g/mol. The lowest BCUT2D eigenvalue weighted by Crippen LogP contribution is -2.41. The van der Waals surface area contributed by atoms with Crippen LogP contribution in [-0.2, 0) is 9.59 Å². The first kappa shape index (κ1) is 21.0. The fourth-order valence-electron chi connectivity index (χ4n) is 2.97. The third-order valence-corrected chi connectivity index (χ3v) is 5.30. The van der Waals surface area contributed by atoms with Crippen LogP contribution < -0.4 is 10.6 Å². The van der Waals surface area contributed by atoms with Gasteiger partial charge >= 0.3 is 0 Å². The van der Waals surface area contributed by atoms with Crippen molar-refractivity contribution < 1.29 is 9.59 Å². The van der Waals surface area contributed by atoms with Crippen molar-refractivity contribution in [1.29, 1.82) is 0 Å². The molecule has 152 valence electrons. The number of likely N-dealkylation sites (N-methyl/N-ethyl adjacent to an activating group) is 1. The Labute approximate surface area is 174 Å². The molecule has 0 aliphatic carbocycles. The van der Waals surface area contributed by atoms with Crippen LogP contribution in [0.5, 0.6) is 0 Å². The minimum atomic E-state index is -0.159.